The van der Waals surface area contributed by atoms with E-state index in [1.807, 2.05) is 23.6 Å². The van der Waals surface area contributed by atoms with Crippen molar-refractivity contribution in [3.8, 4) is 5.75 Å². The summed E-state index contributed by atoms with van der Waals surface area (Å²) in [7, 11) is 0. The van der Waals surface area contributed by atoms with Crippen LogP contribution in [0.5, 0.6) is 5.75 Å². The molecule has 4 heteroatoms. The van der Waals surface area contributed by atoms with Gasteiger partial charge in [-0.2, -0.15) is 11.3 Å². The Morgan fingerprint density at radius 3 is 2.81 bits per heavy atom. The highest BCUT2D eigenvalue weighted by Gasteiger charge is 2.07. The van der Waals surface area contributed by atoms with Gasteiger partial charge in [0.05, 0.1) is 10.9 Å². The predicted octanol–water partition coefficient (Wildman–Crippen LogP) is 4.72. The maximum atomic E-state index is 6.07. The molecule has 1 nitrogen and oxygen atoms in total. The van der Waals surface area contributed by atoms with E-state index in [0.29, 0.717) is 23.3 Å². The van der Waals surface area contributed by atoms with E-state index in [2.05, 4.69) is 5.38 Å². The van der Waals surface area contributed by atoms with Crippen molar-refractivity contribution < 1.29 is 4.74 Å². The van der Waals surface area contributed by atoms with Crippen molar-refractivity contribution in [2.45, 2.75) is 12.5 Å². The summed E-state index contributed by atoms with van der Waals surface area (Å²) in [6.07, 6.45) is 0. The normalized spacial score (nSPS) is 10.4. The second kappa shape index (κ2) is 5.58. The Morgan fingerprint density at radius 1 is 1.25 bits per heavy atom. The molecule has 0 radical (unpaired) electrons. The lowest BCUT2D eigenvalue weighted by Gasteiger charge is -2.10. The van der Waals surface area contributed by atoms with Gasteiger partial charge in [-0.3, -0.25) is 0 Å². The lowest BCUT2D eigenvalue weighted by molar-refractivity contribution is 0.304. The number of rotatable bonds is 4. The smallest absolute Gasteiger partial charge is 0.142 e. The first-order chi connectivity index (χ1) is 7.81. The summed E-state index contributed by atoms with van der Waals surface area (Å²) >= 11 is 13.5. The van der Waals surface area contributed by atoms with Gasteiger partial charge in [0.25, 0.3) is 0 Å². The van der Waals surface area contributed by atoms with Crippen LogP contribution < -0.4 is 4.74 Å². The molecule has 0 unspecified atom stereocenters. The van der Waals surface area contributed by atoms with Crippen LogP contribution in [-0.2, 0) is 12.5 Å². The summed E-state index contributed by atoms with van der Waals surface area (Å²) in [4.78, 5) is 0. The second-order valence-corrected chi connectivity index (χ2v) is 4.74. The molecule has 0 aliphatic rings. The van der Waals surface area contributed by atoms with Gasteiger partial charge < -0.3 is 4.74 Å². The maximum Gasteiger partial charge on any atom is 0.142 e. The third-order valence-corrected chi connectivity index (χ3v) is 3.47. The molecule has 2 aromatic rings. The average molecular weight is 273 g/mol. The average Bonchev–Trinajstić information content (AvgIpc) is 2.80. The summed E-state index contributed by atoms with van der Waals surface area (Å²) in [6.45, 7) is 0.525. The third-order valence-electron chi connectivity index (χ3n) is 2.16. The van der Waals surface area contributed by atoms with E-state index >= 15 is 0 Å². The zero-order valence-electron chi connectivity index (χ0n) is 8.45. The van der Waals surface area contributed by atoms with Crippen LogP contribution in [0.15, 0.2) is 35.0 Å². The van der Waals surface area contributed by atoms with Crippen molar-refractivity contribution >= 4 is 34.5 Å². The lowest BCUT2D eigenvalue weighted by Crippen LogP contribution is -1.97. The van der Waals surface area contributed by atoms with Crippen LogP contribution in [0.4, 0.5) is 0 Å². The summed E-state index contributed by atoms with van der Waals surface area (Å²) in [5, 5.41) is 4.68. The number of hydrogen-bond donors (Lipinski definition) is 0. The molecule has 0 atom stereocenters. The molecular formula is C12H10Cl2OS. The van der Waals surface area contributed by atoms with E-state index in [9.17, 15) is 0 Å². The number of halogens is 2. The van der Waals surface area contributed by atoms with Gasteiger partial charge in [0.15, 0.2) is 0 Å². The van der Waals surface area contributed by atoms with Crippen molar-refractivity contribution in [3.05, 3.63) is 51.2 Å². The van der Waals surface area contributed by atoms with Crippen molar-refractivity contribution in [1.29, 1.82) is 0 Å². The fraction of sp³-hybridized carbons (Fsp3) is 0.167. The molecule has 1 aromatic heterocycles. The minimum atomic E-state index is 0.402. The van der Waals surface area contributed by atoms with E-state index in [1.54, 1.807) is 17.4 Å². The molecule has 0 bridgehead atoms. The van der Waals surface area contributed by atoms with Crippen molar-refractivity contribution in [2.24, 2.45) is 0 Å². The molecule has 1 aromatic carbocycles. The van der Waals surface area contributed by atoms with Crippen molar-refractivity contribution in [3.63, 3.8) is 0 Å². The highest BCUT2D eigenvalue weighted by atomic mass is 35.5. The number of ether oxygens (including phenoxy) is 1. The zero-order chi connectivity index (χ0) is 11.4. The first-order valence-corrected chi connectivity index (χ1v) is 6.64. The van der Waals surface area contributed by atoms with Gasteiger partial charge in [0.1, 0.15) is 12.4 Å². The minimum Gasteiger partial charge on any atom is -0.487 e. The van der Waals surface area contributed by atoms with Gasteiger partial charge in [0.2, 0.25) is 0 Å². The Morgan fingerprint density at radius 2 is 2.12 bits per heavy atom. The van der Waals surface area contributed by atoms with Gasteiger partial charge in [-0.15, -0.1) is 11.6 Å². The Hall–Kier alpha value is -0.700. The van der Waals surface area contributed by atoms with Crippen LogP contribution in [0.1, 0.15) is 11.1 Å². The molecule has 0 spiro atoms. The topological polar surface area (TPSA) is 9.23 Å². The van der Waals surface area contributed by atoms with Gasteiger partial charge in [0, 0.05) is 5.56 Å². The highest BCUT2D eigenvalue weighted by molar-refractivity contribution is 7.07. The van der Waals surface area contributed by atoms with Gasteiger partial charge in [-0.25, -0.2) is 0 Å². The Balaban J connectivity index is 2.14. The SMILES string of the molecule is ClCc1cccc(Cl)c1OCc1ccsc1. The number of para-hydroxylation sites is 1. The fourth-order valence-corrected chi connectivity index (χ4v) is 2.46. The largest absolute Gasteiger partial charge is 0.487 e. The van der Waals surface area contributed by atoms with Crippen LogP contribution in [-0.4, -0.2) is 0 Å². The van der Waals surface area contributed by atoms with E-state index < -0.39 is 0 Å². The minimum absolute atomic E-state index is 0.402. The van der Waals surface area contributed by atoms with Crippen molar-refractivity contribution in [1.82, 2.24) is 0 Å². The molecule has 0 fully saturated rings. The molecule has 1 heterocycles. The highest BCUT2D eigenvalue weighted by Crippen LogP contribution is 2.30. The number of hydrogen-bond acceptors (Lipinski definition) is 2. The Bertz CT molecular complexity index is 454. The molecule has 0 amide bonds. The van der Waals surface area contributed by atoms with Crippen molar-refractivity contribution in [2.75, 3.05) is 0 Å². The number of benzene rings is 1. The molecule has 0 saturated heterocycles. The molecule has 2 rings (SSSR count). The summed E-state index contributed by atoms with van der Waals surface area (Å²) in [5.74, 6) is 1.09. The molecule has 0 N–H and O–H groups in total. The van der Waals surface area contributed by atoms with Gasteiger partial charge >= 0.3 is 0 Å². The Labute approximate surface area is 109 Å². The second-order valence-electron chi connectivity index (χ2n) is 3.28. The molecule has 84 valence electrons. The van der Waals surface area contributed by atoms with Crippen LogP contribution >= 0.6 is 34.5 Å². The van der Waals surface area contributed by atoms with E-state index in [0.717, 1.165) is 11.1 Å². The van der Waals surface area contributed by atoms with Gasteiger partial charge in [-0.05, 0) is 28.5 Å². The predicted molar refractivity (Wildman–Crippen MR) is 69.7 cm³/mol. The van der Waals surface area contributed by atoms with Crippen LogP contribution in [0.2, 0.25) is 5.02 Å². The molecule has 0 aliphatic carbocycles. The molecule has 16 heavy (non-hydrogen) atoms. The first-order valence-electron chi connectivity index (χ1n) is 4.78. The van der Waals surface area contributed by atoms with E-state index in [1.165, 1.54) is 0 Å². The lowest BCUT2D eigenvalue weighted by atomic mass is 10.2. The van der Waals surface area contributed by atoms with Gasteiger partial charge in [-0.1, -0.05) is 23.7 Å². The Kier molecular flexibility index (Phi) is 4.10. The summed E-state index contributed by atoms with van der Waals surface area (Å²) < 4.78 is 5.69. The molecule has 0 saturated carbocycles. The zero-order valence-corrected chi connectivity index (χ0v) is 10.8. The third kappa shape index (κ3) is 2.70. The van der Waals surface area contributed by atoms with Crippen LogP contribution in [0.3, 0.4) is 0 Å². The monoisotopic (exact) mass is 272 g/mol. The quantitative estimate of drug-likeness (QED) is 0.732. The summed E-state index contributed by atoms with van der Waals surface area (Å²) in [5.41, 5.74) is 2.06. The first kappa shape index (κ1) is 11.8. The fourth-order valence-electron chi connectivity index (χ4n) is 1.35. The molecule has 0 aliphatic heterocycles. The van der Waals surface area contributed by atoms with E-state index in [4.69, 9.17) is 27.9 Å². The van der Waals surface area contributed by atoms with Crippen LogP contribution in [0, 0.1) is 0 Å². The number of thiophene rings is 1. The molecular weight excluding hydrogens is 263 g/mol. The summed E-state index contributed by atoms with van der Waals surface area (Å²) in [6, 6.07) is 7.63. The number of alkyl halides is 1. The standard InChI is InChI=1S/C12H10Cl2OS/c13-6-10-2-1-3-11(14)12(10)15-7-9-4-5-16-8-9/h1-5,8H,6-7H2. The maximum absolute atomic E-state index is 6.07. The van der Waals surface area contributed by atoms with Crippen LogP contribution in [0.25, 0.3) is 0 Å². The van der Waals surface area contributed by atoms with E-state index in [-0.39, 0.29) is 0 Å².